The third-order valence-corrected chi connectivity index (χ3v) is 9.29. The molecule has 0 heterocycles. The van der Waals surface area contributed by atoms with Crippen molar-refractivity contribution in [1.82, 2.24) is 0 Å². The molecule has 0 aromatic heterocycles. The Morgan fingerprint density at radius 2 is 1.72 bits per heavy atom. The molecule has 3 N–H and O–H groups in total. The largest absolute Gasteiger partial charge is 0.455 e. The molecule has 39 heavy (non-hydrogen) atoms. The second kappa shape index (κ2) is 10.2. The number of allylic oxidation sites excluding steroid dienone is 1. The van der Waals surface area contributed by atoms with Crippen LogP contribution in [0.15, 0.2) is 59.7 Å². The van der Waals surface area contributed by atoms with Crippen molar-refractivity contribution >= 4 is 23.8 Å². The van der Waals surface area contributed by atoms with Crippen molar-refractivity contribution in [3.8, 4) is 0 Å². The van der Waals surface area contributed by atoms with Crippen LogP contribution >= 0.6 is 0 Å². The summed E-state index contributed by atoms with van der Waals surface area (Å²) in [6.45, 7) is 12.1. The number of esters is 2. The highest BCUT2D eigenvalue weighted by Crippen LogP contribution is 2.60. The predicted octanol–water partition coefficient (Wildman–Crippen LogP) is 3.30. The van der Waals surface area contributed by atoms with E-state index < -0.39 is 64.5 Å². The highest BCUT2D eigenvalue weighted by Gasteiger charge is 2.67. The second-order valence-corrected chi connectivity index (χ2v) is 11.9. The summed E-state index contributed by atoms with van der Waals surface area (Å²) in [7, 11) is 0. The van der Waals surface area contributed by atoms with E-state index in [9.17, 15) is 29.7 Å². The van der Waals surface area contributed by atoms with Crippen molar-refractivity contribution in [2.75, 3.05) is 0 Å². The fourth-order valence-corrected chi connectivity index (χ4v) is 6.92. The maximum absolute atomic E-state index is 13.1. The van der Waals surface area contributed by atoms with E-state index in [1.807, 2.05) is 30.3 Å². The first-order valence-corrected chi connectivity index (χ1v) is 13.3. The number of rotatable bonds is 4. The number of hydrogen-bond donors (Lipinski definition) is 3. The Morgan fingerprint density at radius 1 is 1.08 bits per heavy atom. The number of fused-ring (bicyclic) bond motifs is 3. The predicted molar refractivity (Wildman–Crippen MR) is 144 cm³/mol. The van der Waals surface area contributed by atoms with Crippen LogP contribution in [0.4, 0.5) is 0 Å². The number of ether oxygens (including phenoxy) is 2. The monoisotopic (exact) mass is 538 g/mol. The molecular weight excluding hydrogens is 500 g/mol. The van der Waals surface area contributed by atoms with Crippen LogP contribution in [-0.4, -0.2) is 63.1 Å². The molecule has 1 aromatic carbocycles. The van der Waals surface area contributed by atoms with E-state index in [0.29, 0.717) is 23.1 Å². The average molecular weight is 539 g/mol. The molecule has 0 aliphatic heterocycles. The van der Waals surface area contributed by atoms with Gasteiger partial charge in [-0.25, -0.2) is 4.79 Å². The minimum atomic E-state index is -1.97. The van der Waals surface area contributed by atoms with Gasteiger partial charge in [0.2, 0.25) is 0 Å². The van der Waals surface area contributed by atoms with Crippen molar-refractivity contribution in [3.05, 3.63) is 65.3 Å². The molecule has 0 saturated heterocycles. The molecule has 7 unspecified atom stereocenters. The van der Waals surface area contributed by atoms with Gasteiger partial charge in [-0.3, -0.25) is 9.59 Å². The molecule has 0 radical (unpaired) electrons. The first-order valence-electron chi connectivity index (χ1n) is 13.3. The Bertz CT molecular complexity index is 1240. The van der Waals surface area contributed by atoms with Gasteiger partial charge in [0, 0.05) is 36.2 Å². The van der Waals surface area contributed by atoms with Crippen LogP contribution in [0.5, 0.6) is 0 Å². The van der Waals surface area contributed by atoms with Gasteiger partial charge in [0.05, 0.1) is 6.10 Å². The van der Waals surface area contributed by atoms with Gasteiger partial charge in [0.15, 0.2) is 11.9 Å². The minimum Gasteiger partial charge on any atom is -0.455 e. The summed E-state index contributed by atoms with van der Waals surface area (Å²) in [6.07, 6.45) is -1.75. The van der Waals surface area contributed by atoms with Crippen LogP contribution in [0.2, 0.25) is 0 Å². The fraction of sp³-hybridized carbons (Fsp3) is 0.516. The number of hydrogen-bond acceptors (Lipinski definition) is 8. The van der Waals surface area contributed by atoms with Gasteiger partial charge in [-0.05, 0) is 48.1 Å². The van der Waals surface area contributed by atoms with Crippen molar-refractivity contribution in [2.45, 2.75) is 83.9 Å². The smallest absolute Gasteiger partial charge is 0.331 e. The summed E-state index contributed by atoms with van der Waals surface area (Å²) in [4.78, 5) is 38.0. The van der Waals surface area contributed by atoms with E-state index in [4.69, 9.17) is 9.47 Å². The van der Waals surface area contributed by atoms with Crippen LogP contribution in [0.1, 0.15) is 59.4 Å². The standard InChI is InChI=1S/C31H38O8/c1-17-21(33)16-31(37)27(35)25-18(2)22(39-23(34)13-12-20-10-8-7-9-11-20)14-15-30(25,6)28(36)26(38-19(3)32)24(17)29(31,4)5/h7-13,22,25-28,35-37H,2,14-16H2,1,3-6H3. The summed E-state index contributed by atoms with van der Waals surface area (Å²) in [5, 5.41) is 35.8. The first kappa shape index (κ1) is 28.9. The van der Waals surface area contributed by atoms with Gasteiger partial charge in [0.25, 0.3) is 0 Å². The normalized spacial score (nSPS) is 36.2. The van der Waals surface area contributed by atoms with E-state index in [0.717, 1.165) is 5.56 Å². The summed E-state index contributed by atoms with van der Waals surface area (Å²) >= 11 is 0. The summed E-state index contributed by atoms with van der Waals surface area (Å²) in [5.74, 6) is -2.63. The Labute approximate surface area is 229 Å². The van der Waals surface area contributed by atoms with Gasteiger partial charge in [-0.15, -0.1) is 0 Å². The van der Waals surface area contributed by atoms with Gasteiger partial charge in [-0.2, -0.15) is 0 Å². The van der Waals surface area contributed by atoms with Crippen LogP contribution < -0.4 is 0 Å². The molecule has 7 atom stereocenters. The number of carbonyl (C=O) groups excluding carboxylic acids is 3. The number of Topliss-reactive ketones (excluding diaryl/α,β-unsaturated/α-hetero) is 1. The van der Waals surface area contributed by atoms with Crippen LogP contribution in [0.3, 0.4) is 0 Å². The zero-order valence-corrected chi connectivity index (χ0v) is 23.1. The lowest BCUT2D eigenvalue weighted by molar-refractivity contribution is -0.220. The topological polar surface area (TPSA) is 130 Å². The molecule has 3 aliphatic rings. The minimum absolute atomic E-state index is 0.268. The molecule has 8 heteroatoms. The molecule has 4 rings (SSSR count). The third kappa shape index (κ3) is 4.68. The lowest BCUT2D eigenvalue weighted by Gasteiger charge is -2.61. The third-order valence-electron chi connectivity index (χ3n) is 9.29. The maximum atomic E-state index is 13.1. The molecular formula is C31H38O8. The van der Waals surface area contributed by atoms with E-state index in [1.54, 1.807) is 33.8 Å². The van der Waals surface area contributed by atoms with E-state index >= 15 is 0 Å². The van der Waals surface area contributed by atoms with Gasteiger partial charge in [-0.1, -0.05) is 57.7 Å². The Kier molecular flexibility index (Phi) is 7.53. The molecule has 3 aliphatic carbocycles. The van der Waals surface area contributed by atoms with Gasteiger partial charge in [0.1, 0.15) is 17.8 Å². The lowest BCUT2D eigenvalue weighted by Crippen LogP contribution is -2.69. The zero-order chi connectivity index (χ0) is 28.9. The Balaban J connectivity index is 1.75. The molecule has 210 valence electrons. The van der Waals surface area contributed by atoms with Crippen molar-refractivity contribution in [3.63, 3.8) is 0 Å². The number of aliphatic hydroxyl groups excluding tert-OH is 2. The van der Waals surface area contributed by atoms with E-state index in [1.165, 1.54) is 13.0 Å². The van der Waals surface area contributed by atoms with Crippen molar-refractivity contribution in [2.24, 2.45) is 16.7 Å². The molecule has 0 spiro atoms. The molecule has 2 saturated carbocycles. The molecule has 1 aromatic rings. The Hall–Kier alpha value is -3.07. The number of aliphatic hydroxyl groups is 3. The highest BCUT2D eigenvalue weighted by molar-refractivity contribution is 5.98. The number of carbonyl (C=O) groups is 3. The van der Waals surface area contributed by atoms with Crippen LogP contribution in [0.25, 0.3) is 6.08 Å². The lowest BCUT2D eigenvalue weighted by atomic mass is 9.48. The fourth-order valence-electron chi connectivity index (χ4n) is 6.92. The van der Waals surface area contributed by atoms with Crippen molar-refractivity contribution in [1.29, 1.82) is 0 Å². The maximum Gasteiger partial charge on any atom is 0.331 e. The second-order valence-electron chi connectivity index (χ2n) is 11.9. The van der Waals surface area contributed by atoms with Crippen LogP contribution in [-0.2, 0) is 23.9 Å². The highest BCUT2D eigenvalue weighted by atomic mass is 16.6. The molecule has 2 fully saturated rings. The number of ketones is 1. The first-order chi connectivity index (χ1) is 18.1. The van der Waals surface area contributed by atoms with Crippen molar-refractivity contribution < 1.29 is 39.2 Å². The average Bonchev–Trinajstić information content (AvgIpc) is 2.87. The Morgan fingerprint density at radius 3 is 2.33 bits per heavy atom. The molecule has 2 bridgehead atoms. The SMILES string of the molecule is C=C1C(OC(=O)C=Cc2ccccc2)CCC2(C)C(O)C(OC(C)=O)C3=C(C)C(=O)CC(O)(C(O)C12)C3(C)C. The van der Waals surface area contributed by atoms with E-state index in [2.05, 4.69) is 6.58 Å². The summed E-state index contributed by atoms with van der Waals surface area (Å²) in [6, 6.07) is 9.26. The summed E-state index contributed by atoms with van der Waals surface area (Å²) < 4.78 is 11.4. The molecule has 0 amide bonds. The van der Waals surface area contributed by atoms with E-state index in [-0.39, 0.29) is 12.8 Å². The van der Waals surface area contributed by atoms with Crippen LogP contribution in [0, 0.1) is 16.7 Å². The van der Waals surface area contributed by atoms with Gasteiger partial charge >= 0.3 is 11.9 Å². The quantitative estimate of drug-likeness (QED) is 0.303. The summed E-state index contributed by atoms with van der Waals surface area (Å²) in [5.41, 5.74) is -2.60. The zero-order valence-electron chi connectivity index (χ0n) is 23.1. The van der Waals surface area contributed by atoms with Gasteiger partial charge < -0.3 is 24.8 Å². The molecule has 8 nitrogen and oxygen atoms in total. The number of benzene rings is 1.